The second kappa shape index (κ2) is 10.00. The Kier molecular flexibility index (Phi) is 6.57. The van der Waals surface area contributed by atoms with Crippen molar-refractivity contribution in [1.29, 1.82) is 5.26 Å². The van der Waals surface area contributed by atoms with E-state index in [1.807, 2.05) is 37.3 Å². The smallest absolute Gasteiger partial charge is 0.271 e. The molecule has 0 saturated heterocycles. The van der Waals surface area contributed by atoms with E-state index in [-0.39, 0.29) is 18.4 Å². The van der Waals surface area contributed by atoms with Crippen molar-refractivity contribution in [2.45, 2.75) is 25.5 Å². The van der Waals surface area contributed by atoms with Crippen LogP contribution in [0.1, 0.15) is 44.6 Å². The second-order valence-electron chi connectivity index (χ2n) is 9.66. The summed E-state index contributed by atoms with van der Waals surface area (Å²) in [4.78, 5) is 40.4. The fourth-order valence-electron chi connectivity index (χ4n) is 4.39. The Morgan fingerprint density at radius 1 is 1.11 bits per heavy atom. The molecule has 38 heavy (non-hydrogen) atoms. The highest BCUT2D eigenvalue weighted by atomic mass is 16.5. The van der Waals surface area contributed by atoms with Gasteiger partial charge in [0.1, 0.15) is 11.1 Å². The zero-order chi connectivity index (χ0) is 26.9. The van der Waals surface area contributed by atoms with Gasteiger partial charge in [-0.3, -0.25) is 14.6 Å². The van der Waals surface area contributed by atoms with E-state index >= 15 is 0 Å². The summed E-state index contributed by atoms with van der Waals surface area (Å²) in [5, 5.41) is 13.4. The Morgan fingerprint density at radius 3 is 2.71 bits per heavy atom. The number of nitrogens with zero attached hydrogens (tertiary/aromatic N) is 5. The quantitative estimate of drug-likeness (QED) is 0.439. The minimum atomic E-state index is -0.790. The predicted octanol–water partition coefficient (Wildman–Crippen LogP) is 3.64. The summed E-state index contributed by atoms with van der Waals surface area (Å²) in [5.74, 6) is -0.436. The van der Waals surface area contributed by atoms with Gasteiger partial charge in [0.2, 0.25) is 0 Å². The van der Waals surface area contributed by atoms with Gasteiger partial charge in [-0.15, -0.1) is 0 Å². The zero-order valence-electron chi connectivity index (χ0n) is 21.4. The van der Waals surface area contributed by atoms with E-state index in [4.69, 9.17) is 9.72 Å². The molecule has 0 spiro atoms. The molecule has 0 radical (unpaired) electrons. The highest BCUT2D eigenvalue weighted by Crippen LogP contribution is 2.32. The lowest BCUT2D eigenvalue weighted by Gasteiger charge is -2.30. The lowest BCUT2D eigenvalue weighted by molar-refractivity contribution is 0.0757. The van der Waals surface area contributed by atoms with Gasteiger partial charge in [-0.2, -0.15) is 5.26 Å². The van der Waals surface area contributed by atoms with Crippen LogP contribution in [0.25, 0.3) is 22.3 Å². The van der Waals surface area contributed by atoms with Gasteiger partial charge in [0, 0.05) is 31.2 Å². The molecule has 0 unspecified atom stereocenters. The van der Waals surface area contributed by atoms with Crippen LogP contribution in [-0.4, -0.2) is 52.4 Å². The normalized spacial score (nSPS) is 16.4. The molecule has 1 N–H and O–H groups in total. The number of nitrogens with one attached hydrogen (secondary N) is 1. The van der Waals surface area contributed by atoms with E-state index in [1.165, 1.54) is 4.90 Å². The Balaban J connectivity index is 1.35. The SMILES string of the molecule is CN(C)C(=O)c1cccc(-c2ccc3cnc(CNC(=O)c4ccc5c(c4)[C@](C)(C#N)COC5)cc3n2)n1. The van der Waals surface area contributed by atoms with Crippen LogP contribution in [0.2, 0.25) is 0 Å². The Bertz CT molecular complexity index is 1610. The Labute approximate surface area is 220 Å². The predicted molar refractivity (Wildman–Crippen MR) is 141 cm³/mol. The van der Waals surface area contributed by atoms with Gasteiger partial charge >= 0.3 is 0 Å². The molecule has 1 aliphatic heterocycles. The number of hydrogen-bond acceptors (Lipinski definition) is 7. The molecule has 9 heteroatoms. The fraction of sp³-hybridized carbons (Fsp3) is 0.241. The minimum Gasteiger partial charge on any atom is -0.375 e. The summed E-state index contributed by atoms with van der Waals surface area (Å²) in [5.41, 5.74) is 4.34. The first-order valence-corrected chi connectivity index (χ1v) is 12.1. The van der Waals surface area contributed by atoms with Gasteiger partial charge in [-0.05, 0) is 60.5 Å². The lowest BCUT2D eigenvalue weighted by atomic mass is 9.79. The monoisotopic (exact) mass is 506 g/mol. The van der Waals surface area contributed by atoms with Crippen molar-refractivity contribution in [3.8, 4) is 17.5 Å². The molecule has 0 fully saturated rings. The van der Waals surface area contributed by atoms with Crippen molar-refractivity contribution in [1.82, 2.24) is 25.2 Å². The van der Waals surface area contributed by atoms with Crippen LogP contribution in [0.5, 0.6) is 0 Å². The highest BCUT2D eigenvalue weighted by Gasteiger charge is 2.33. The Morgan fingerprint density at radius 2 is 1.92 bits per heavy atom. The number of nitriles is 1. The summed E-state index contributed by atoms with van der Waals surface area (Å²) in [6.07, 6.45) is 1.71. The lowest BCUT2D eigenvalue weighted by Crippen LogP contribution is -2.33. The fourth-order valence-corrected chi connectivity index (χ4v) is 4.39. The molecule has 0 aliphatic carbocycles. The van der Waals surface area contributed by atoms with Crippen molar-refractivity contribution in [2.75, 3.05) is 20.7 Å². The van der Waals surface area contributed by atoms with Crippen LogP contribution >= 0.6 is 0 Å². The molecule has 4 aromatic rings. The minimum absolute atomic E-state index is 0.181. The van der Waals surface area contributed by atoms with E-state index in [2.05, 4.69) is 21.4 Å². The third-order valence-corrected chi connectivity index (χ3v) is 6.56. The number of fused-ring (bicyclic) bond motifs is 2. The van der Waals surface area contributed by atoms with Crippen LogP contribution in [0.4, 0.5) is 0 Å². The highest BCUT2D eigenvalue weighted by molar-refractivity contribution is 5.94. The van der Waals surface area contributed by atoms with E-state index in [1.54, 1.807) is 44.6 Å². The number of hydrogen-bond donors (Lipinski definition) is 1. The van der Waals surface area contributed by atoms with Crippen molar-refractivity contribution < 1.29 is 14.3 Å². The summed E-state index contributed by atoms with van der Waals surface area (Å²) >= 11 is 0. The molecule has 0 bridgehead atoms. The maximum atomic E-state index is 12.9. The summed E-state index contributed by atoms with van der Waals surface area (Å²) in [6.45, 7) is 2.75. The maximum absolute atomic E-state index is 12.9. The number of pyridine rings is 3. The molecule has 3 aromatic heterocycles. The van der Waals surface area contributed by atoms with Crippen LogP contribution < -0.4 is 5.32 Å². The zero-order valence-corrected chi connectivity index (χ0v) is 21.4. The molecule has 190 valence electrons. The topological polar surface area (TPSA) is 121 Å². The average Bonchev–Trinajstić information content (AvgIpc) is 2.95. The number of amides is 2. The number of aromatic nitrogens is 3. The second-order valence-corrected chi connectivity index (χ2v) is 9.66. The average molecular weight is 507 g/mol. The first kappa shape index (κ1) is 25.0. The molecular weight excluding hydrogens is 480 g/mol. The first-order chi connectivity index (χ1) is 18.3. The maximum Gasteiger partial charge on any atom is 0.271 e. The standard InChI is InChI=1S/C29H26N6O3/c1-29(16-30)17-38-15-20-8-7-18(11-22(20)29)27(36)32-14-21-12-26-19(13-31-21)9-10-24(34-26)23-5-4-6-25(33-23)28(37)35(2)3/h4-13H,14-15,17H2,1-3H3,(H,32,36)/t29-/m1/s1. The van der Waals surface area contributed by atoms with Gasteiger partial charge in [0.05, 0.1) is 48.4 Å². The van der Waals surface area contributed by atoms with Gasteiger partial charge in [-0.1, -0.05) is 12.1 Å². The number of rotatable bonds is 5. The number of ether oxygens (including phenoxy) is 1. The van der Waals surface area contributed by atoms with Crippen molar-refractivity contribution in [3.63, 3.8) is 0 Å². The van der Waals surface area contributed by atoms with Gasteiger partial charge < -0.3 is 15.0 Å². The van der Waals surface area contributed by atoms with Crippen LogP contribution in [0, 0.1) is 11.3 Å². The molecule has 0 saturated carbocycles. The molecule has 5 rings (SSSR count). The van der Waals surface area contributed by atoms with E-state index in [0.29, 0.717) is 47.1 Å². The molecular formula is C29H26N6O3. The summed E-state index contributed by atoms with van der Waals surface area (Å²) in [7, 11) is 3.37. The largest absolute Gasteiger partial charge is 0.375 e. The van der Waals surface area contributed by atoms with Gasteiger partial charge in [0.25, 0.3) is 11.8 Å². The number of carbonyl (C=O) groups is 2. The summed E-state index contributed by atoms with van der Waals surface area (Å²) < 4.78 is 5.55. The van der Waals surface area contributed by atoms with Gasteiger partial charge in [-0.25, -0.2) is 9.97 Å². The van der Waals surface area contributed by atoms with Crippen molar-refractivity contribution in [3.05, 3.63) is 88.9 Å². The van der Waals surface area contributed by atoms with Gasteiger partial charge in [0.15, 0.2) is 0 Å². The number of benzene rings is 1. The molecule has 2 amide bonds. The van der Waals surface area contributed by atoms with E-state index in [0.717, 1.165) is 16.5 Å². The van der Waals surface area contributed by atoms with Crippen molar-refractivity contribution >= 4 is 22.7 Å². The van der Waals surface area contributed by atoms with Crippen LogP contribution in [0.3, 0.4) is 0 Å². The Hall–Kier alpha value is -4.68. The summed E-state index contributed by atoms with van der Waals surface area (Å²) in [6, 6.07) is 18.5. The molecule has 1 atom stereocenters. The van der Waals surface area contributed by atoms with Crippen molar-refractivity contribution in [2.24, 2.45) is 0 Å². The molecule has 1 aromatic carbocycles. The molecule has 1 aliphatic rings. The van der Waals surface area contributed by atoms with Crippen LogP contribution in [-0.2, 0) is 23.3 Å². The molecule has 9 nitrogen and oxygen atoms in total. The van der Waals surface area contributed by atoms with Crippen LogP contribution in [0.15, 0.2) is 60.8 Å². The van der Waals surface area contributed by atoms with E-state index < -0.39 is 5.41 Å². The number of carbonyl (C=O) groups excluding carboxylic acids is 2. The third kappa shape index (κ3) is 4.82. The first-order valence-electron chi connectivity index (χ1n) is 12.1. The third-order valence-electron chi connectivity index (χ3n) is 6.56. The van der Waals surface area contributed by atoms with E-state index in [9.17, 15) is 14.9 Å². The molecule has 4 heterocycles.